The molecule has 2 amide bonds. The average molecular weight is 643 g/mol. The largest absolute Gasteiger partial charge is 0.465 e. The van der Waals surface area contributed by atoms with E-state index in [1.807, 2.05) is 30.3 Å². The van der Waals surface area contributed by atoms with Crippen LogP contribution in [0.25, 0.3) is 0 Å². The number of methoxy groups -OCH3 is 1. The number of hydroxylamine groups is 2. The molecule has 8 rings (SSSR count). The van der Waals surface area contributed by atoms with E-state index in [2.05, 4.69) is 16.2 Å². The maximum absolute atomic E-state index is 14.1. The lowest BCUT2D eigenvalue weighted by Crippen LogP contribution is -2.52. The summed E-state index contributed by atoms with van der Waals surface area (Å²) in [4.78, 5) is 45.7. The Bertz CT molecular complexity index is 1470. The maximum Gasteiger partial charge on any atom is 0.337 e. The molecule has 10 nitrogen and oxygen atoms in total. The van der Waals surface area contributed by atoms with Crippen molar-refractivity contribution in [1.82, 2.24) is 21.2 Å². The highest BCUT2D eigenvalue weighted by Crippen LogP contribution is 2.57. The number of ether oxygens (including phenoxy) is 2. The Kier molecular flexibility index (Phi) is 9.23. The Labute approximate surface area is 276 Å². The molecule has 10 heteroatoms. The second-order valence-corrected chi connectivity index (χ2v) is 14.3. The van der Waals surface area contributed by atoms with E-state index in [9.17, 15) is 14.4 Å². The van der Waals surface area contributed by atoms with Gasteiger partial charge in [0.2, 0.25) is 0 Å². The van der Waals surface area contributed by atoms with Crippen LogP contribution in [0.2, 0.25) is 0 Å². The predicted molar refractivity (Wildman–Crippen MR) is 174 cm³/mol. The molecule has 0 aromatic heterocycles. The summed E-state index contributed by atoms with van der Waals surface area (Å²) in [6.07, 6.45) is 12.6. The average Bonchev–Trinajstić information content (AvgIpc) is 3.47. The first-order chi connectivity index (χ1) is 22.9. The molecule has 0 radical (unpaired) electrons. The van der Waals surface area contributed by atoms with Crippen molar-refractivity contribution in [2.45, 2.75) is 89.0 Å². The molecule has 0 spiro atoms. The Morgan fingerprint density at radius 3 is 2.17 bits per heavy atom. The molecule has 1 heterocycles. The summed E-state index contributed by atoms with van der Waals surface area (Å²) in [5.41, 5.74) is 7.50. The molecule has 1 atom stereocenters. The smallest absolute Gasteiger partial charge is 0.337 e. The molecule has 0 saturated heterocycles. The number of carbonyl (C=O) groups is 3. The number of hydrogen-bond acceptors (Lipinski definition) is 8. The lowest BCUT2D eigenvalue weighted by Gasteiger charge is -2.56. The highest BCUT2D eigenvalue weighted by atomic mass is 16.7. The number of benzene rings is 2. The molecule has 4 bridgehead atoms. The third-order valence-corrected chi connectivity index (χ3v) is 10.9. The molecule has 1 aliphatic heterocycles. The molecular formula is C37H46N4O6. The SMILES string of the molecule is COC(=O)c1cccc(C(=O)NNC(=O)C2=C(COC34CC5CC(CC(C5)C3)C4)NC(C3CCCCC3)N2OCc2ccccc2)c1. The number of esters is 1. The molecule has 250 valence electrons. The van der Waals surface area contributed by atoms with Crippen molar-refractivity contribution < 1.29 is 28.7 Å². The third-order valence-electron chi connectivity index (χ3n) is 10.9. The van der Waals surface area contributed by atoms with E-state index >= 15 is 0 Å². The van der Waals surface area contributed by atoms with Crippen molar-refractivity contribution in [2.75, 3.05) is 13.7 Å². The first-order valence-electron chi connectivity index (χ1n) is 17.3. The number of nitrogens with zero attached hydrogens (tertiary/aromatic N) is 1. The van der Waals surface area contributed by atoms with Gasteiger partial charge >= 0.3 is 5.97 Å². The van der Waals surface area contributed by atoms with Crippen molar-refractivity contribution in [3.63, 3.8) is 0 Å². The number of hydrogen-bond donors (Lipinski definition) is 3. The Morgan fingerprint density at radius 1 is 0.830 bits per heavy atom. The summed E-state index contributed by atoms with van der Waals surface area (Å²) in [5, 5.41) is 5.42. The minimum atomic E-state index is -0.553. The Morgan fingerprint density at radius 2 is 1.49 bits per heavy atom. The lowest BCUT2D eigenvalue weighted by molar-refractivity contribution is -0.183. The van der Waals surface area contributed by atoms with Crippen LogP contribution >= 0.6 is 0 Å². The van der Waals surface area contributed by atoms with Crippen LogP contribution < -0.4 is 16.2 Å². The fraction of sp³-hybridized carbons (Fsp3) is 0.541. The normalized spacial score (nSPS) is 28.2. The van der Waals surface area contributed by atoms with Crippen LogP contribution in [0.3, 0.4) is 0 Å². The van der Waals surface area contributed by atoms with Gasteiger partial charge in [0, 0.05) is 5.56 Å². The zero-order valence-corrected chi connectivity index (χ0v) is 27.2. The molecule has 5 saturated carbocycles. The van der Waals surface area contributed by atoms with E-state index < -0.39 is 17.8 Å². The summed E-state index contributed by atoms with van der Waals surface area (Å²) in [7, 11) is 1.29. The summed E-state index contributed by atoms with van der Waals surface area (Å²) >= 11 is 0. The first kappa shape index (κ1) is 31.7. The second-order valence-electron chi connectivity index (χ2n) is 14.3. The van der Waals surface area contributed by atoms with Gasteiger partial charge in [-0.05, 0) is 98.8 Å². The van der Waals surface area contributed by atoms with E-state index in [4.69, 9.17) is 14.3 Å². The quantitative estimate of drug-likeness (QED) is 0.234. The molecule has 1 unspecified atom stereocenters. The number of amides is 2. The van der Waals surface area contributed by atoms with Crippen LogP contribution in [0.5, 0.6) is 0 Å². The molecule has 3 N–H and O–H groups in total. The summed E-state index contributed by atoms with van der Waals surface area (Å²) in [6.45, 7) is 0.566. The minimum absolute atomic E-state index is 0.136. The summed E-state index contributed by atoms with van der Waals surface area (Å²) < 4.78 is 11.7. The first-order valence-corrected chi connectivity index (χ1v) is 17.3. The Hall–Kier alpha value is -3.89. The topological polar surface area (TPSA) is 118 Å². The van der Waals surface area contributed by atoms with Gasteiger partial charge in [0.25, 0.3) is 11.8 Å². The molecular weight excluding hydrogens is 596 g/mol. The summed E-state index contributed by atoms with van der Waals surface area (Å²) in [6, 6.07) is 16.1. The van der Waals surface area contributed by atoms with Gasteiger partial charge in [-0.1, -0.05) is 55.7 Å². The van der Waals surface area contributed by atoms with Gasteiger partial charge in [0.05, 0.1) is 30.6 Å². The van der Waals surface area contributed by atoms with Crippen molar-refractivity contribution in [2.24, 2.45) is 23.7 Å². The monoisotopic (exact) mass is 642 g/mol. The third kappa shape index (κ3) is 6.90. The van der Waals surface area contributed by atoms with Gasteiger partial charge in [-0.2, -0.15) is 0 Å². The molecule has 5 aliphatic carbocycles. The molecule has 47 heavy (non-hydrogen) atoms. The predicted octanol–water partition coefficient (Wildman–Crippen LogP) is 5.37. The van der Waals surface area contributed by atoms with Crippen LogP contribution in [0.15, 0.2) is 66.0 Å². The van der Waals surface area contributed by atoms with E-state index in [1.165, 1.54) is 38.9 Å². The number of carbonyl (C=O) groups excluding carboxylic acids is 3. The minimum Gasteiger partial charge on any atom is -0.465 e. The van der Waals surface area contributed by atoms with Crippen LogP contribution in [-0.4, -0.2) is 48.3 Å². The van der Waals surface area contributed by atoms with E-state index in [0.29, 0.717) is 11.4 Å². The highest BCUT2D eigenvalue weighted by molar-refractivity contribution is 6.00. The van der Waals surface area contributed by atoms with Gasteiger partial charge in [0.1, 0.15) is 12.8 Å². The maximum atomic E-state index is 14.1. The van der Waals surface area contributed by atoms with Gasteiger partial charge in [-0.15, -0.1) is 0 Å². The van der Waals surface area contributed by atoms with Crippen LogP contribution in [0.4, 0.5) is 0 Å². The highest BCUT2D eigenvalue weighted by Gasteiger charge is 2.52. The molecule has 2 aromatic rings. The molecule has 6 aliphatic rings. The number of nitrogens with one attached hydrogen (secondary N) is 3. The van der Waals surface area contributed by atoms with Gasteiger partial charge in [0.15, 0.2) is 5.70 Å². The van der Waals surface area contributed by atoms with Gasteiger partial charge in [-0.25, -0.2) is 9.86 Å². The number of rotatable bonds is 10. The van der Waals surface area contributed by atoms with Gasteiger partial charge in [-0.3, -0.25) is 25.3 Å². The van der Waals surface area contributed by atoms with Crippen LogP contribution in [0.1, 0.15) is 96.9 Å². The second kappa shape index (κ2) is 13.7. The zero-order valence-electron chi connectivity index (χ0n) is 27.2. The van der Waals surface area contributed by atoms with Crippen molar-refractivity contribution in [3.05, 3.63) is 82.7 Å². The van der Waals surface area contributed by atoms with Crippen molar-refractivity contribution in [1.29, 1.82) is 0 Å². The number of hydrazine groups is 1. The fourth-order valence-electron chi connectivity index (χ4n) is 9.13. The standard InChI is InChI=1S/C37H46N4O6/c1-45-36(44)30-14-8-13-29(18-30)34(42)39-40-35(43)32-31(23-46-37-19-25-15-26(20-37)17-27(16-25)21-37)38-33(28-11-6-3-7-12-28)41(32)47-22-24-9-4-2-5-10-24/h2,4-5,8-10,13-14,18,25-28,33,38H,3,6-7,11-12,15-17,19-23H2,1H3,(H,39,42)(H,40,43). The Balaban J connectivity index is 1.14. The molecule has 2 aromatic carbocycles. The van der Waals surface area contributed by atoms with Crippen molar-refractivity contribution >= 4 is 17.8 Å². The zero-order chi connectivity index (χ0) is 32.4. The van der Waals surface area contributed by atoms with E-state index in [-0.39, 0.29) is 42.0 Å². The molecule has 5 fully saturated rings. The van der Waals surface area contributed by atoms with Crippen molar-refractivity contribution in [3.8, 4) is 0 Å². The summed E-state index contributed by atoms with van der Waals surface area (Å²) in [5.74, 6) is 0.909. The van der Waals surface area contributed by atoms with Crippen LogP contribution in [0, 0.1) is 23.7 Å². The van der Waals surface area contributed by atoms with Crippen LogP contribution in [-0.2, 0) is 25.7 Å². The lowest BCUT2D eigenvalue weighted by atomic mass is 9.54. The fourth-order valence-corrected chi connectivity index (χ4v) is 9.13. The van der Waals surface area contributed by atoms with E-state index in [0.717, 1.165) is 68.3 Å². The van der Waals surface area contributed by atoms with Gasteiger partial charge < -0.3 is 14.8 Å². The van der Waals surface area contributed by atoms with E-state index in [1.54, 1.807) is 23.3 Å².